The first-order valence-electron chi connectivity index (χ1n) is 6.70. The Morgan fingerprint density at radius 3 is 2.48 bits per heavy atom. The van der Waals surface area contributed by atoms with Crippen LogP contribution in [0.4, 0.5) is 5.69 Å². The highest BCUT2D eigenvalue weighted by Gasteiger charge is 2.14. The van der Waals surface area contributed by atoms with Crippen LogP contribution in [0.5, 0.6) is 0 Å². The Morgan fingerprint density at radius 2 is 1.78 bits per heavy atom. The third-order valence-corrected chi connectivity index (χ3v) is 4.97. The van der Waals surface area contributed by atoms with E-state index in [0.717, 1.165) is 0 Å². The van der Waals surface area contributed by atoms with Gasteiger partial charge in [0.15, 0.2) is 0 Å². The van der Waals surface area contributed by atoms with Crippen LogP contribution in [0.1, 0.15) is 5.56 Å². The number of nitrogens with one attached hydrogen (secondary N) is 1. The fourth-order valence-electron chi connectivity index (χ4n) is 2.22. The molecule has 0 radical (unpaired) electrons. The number of hydrogen-bond acceptors (Lipinski definition) is 4. The van der Waals surface area contributed by atoms with Crippen molar-refractivity contribution in [1.82, 2.24) is 0 Å². The topological polar surface area (TPSA) is 76.4 Å². The van der Waals surface area contributed by atoms with Gasteiger partial charge in [0.2, 0.25) is 0 Å². The minimum absolute atomic E-state index is 0.149. The van der Waals surface area contributed by atoms with Crippen LogP contribution in [0.15, 0.2) is 68.7 Å². The predicted molar refractivity (Wildman–Crippen MR) is 89.3 cm³/mol. The summed E-state index contributed by atoms with van der Waals surface area (Å²) >= 11 is 5.81. The summed E-state index contributed by atoms with van der Waals surface area (Å²) in [7, 11) is -3.70. The molecule has 1 heterocycles. The minimum Gasteiger partial charge on any atom is -0.423 e. The molecule has 2 aromatic carbocycles. The molecule has 0 saturated carbocycles. The lowest BCUT2D eigenvalue weighted by Gasteiger charge is -2.09. The van der Waals surface area contributed by atoms with Crippen molar-refractivity contribution in [2.75, 3.05) is 4.72 Å². The summed E-state index contributed by atoms with van der Waals surface area (Å²) in [5, 5.41) is 0.669. The van der Waals surface area contributed by atoms with Gasteiger partial charge in [0.05, 0.1) is 10.6 Å². The fraction of sp³-hybridized carbons (Fsp3) is 0.0625. The molecule has 0 fully saturated rings. The summed E-state index contributed by atoms with van der Waals surface area (Å²) in [5.41, 5.74) is 0.684. The lowest BCUT2D eigenvalue weighted by Crippen LogP contribution is -2.12. The van der Waals surface area contributed by atoms with Gasteiger partial charge in [-0.25, -0.2) is 13.2 Å². The van der Waals surface area contributed by atoms with Crippen LogP contribution in [0.3, 0.4) is 0 Å². The van der Waals surface area contributed by atoms with E-state index in [1.807, 2.05) is 0 Å². The van der Waals surface area contributed by atoms with Crippen LogP contribution in [-0.4, -0.2) is 8.42 Å². The fourth-order valence-corrected chi connectivity index (χ4v) is 3.51. The predicted octanol–water partition coefficient (Wildman–Crippen LogP) is 3.33. The van der Waals surface area contributed by atoms with Gasteiger partial charge in [-0.3, -0.25) is 4.72 Å². The molecule has 1 aromatic heterocycles. The number of rotatable bonds is 4. The Bertz CT molecular complexity index is 1010. The van der Waals surface area contributed by atoms with Crippen molar-refractivity contribution in [2.45, 2.75) is 10.8 Å². The molecule has 3 aromatic rings. The highest BCUT2D eigenvalue weighted by atomic mass is 35.5. The minimum atomic E-state index is -3.70. The molecule has 118 valence electrons. The molecule has 0 aliphatic rings. The van der Waals surface area contributed by atoms with Gasteiger partial charge in [-0.1, -0.05) is 18.2 Å². The van der Waals surface area contributed by atoms with E-state index in [9.17, 15) is 13.2 Å². The lowest BCUT2D eigenvalue weighted by molar-refractivity contribution is 0.560. The maximum Gasteiger partial charge on any atom is 0.336 e. The Balaban J connectivity index is 2.03. The van der Waals surface area contributed by atoms with Gasteiger partial charge in [0.25, 0.3) is 10.0 Å². The van der Waals surface area contributed by atoms with Crippen molar-refractivity contribution in [3.63, 3.8) is 0 Å². The van der Waals surface area contributed by atoms with Gasteiger partial charge < -0.3 is 4.42 Å². The molecule has 0 saturated heterocycles. The summed E-state index contributed by atoms with van der Waals surface area (Å²) in [4.78, 5) is 11.7. The molecule has 0 atom stereocenters. The monoisotopic (exact) mass is 349 g/mol. The summed E-state index contributed by atoms with van der Waals surface area (Å²) in [6.07, 6.45) is 0. The molecule has 0 unspecified atom stereocenters. The number of halogens is 1. The second-order valence-electron chi connectivity index (χ2n) is 4.85. The van der Waals surface area contributed by atoms with E-state index in [4.69, 9.17) is 16.0 Å². The zero-order chi connectivity index (χ0) is 16.4. The summed E-state index contributed by atoms with van der Waals surface area (Å²) < 4.78 is 32.2. The number of alkyl halides is 1. The highest BCUT2D eigenvalue weighted by molar-refractivity contribution is 7.92. The molecular formula is C16H12ClNO4S. The Labute approximate surface area is 137 Å². The largest absolute Gasteiger partial charge is 0.423 e. The first kappa shape index (κ1) is 15.6. The van der Waals surface area contributed by atoms with Gasteiger partial charge in [0, 0.05) is 23.4 Å². The average Bonchev–Trinajstić information content (AvgIpc) is 2.54. The molecule has 23 heavy (non-hydrogen) atoms. The SMILES string of the molecule is O=c1cc(CCl)c2ccc(NS(=O)(=O)c3ccccc3)cc2o1. The zero-order valence-corrected chi connectivity index (χ0v) is 13.4. The van der Waals surface area contributed by atoms with Crippen LogP contribution in [0, 0.1) is 0 Å². The number of anilines is 1. The molecule has 0 spiro atoms. The Hall–Kier alpha value is -2.31. The molecule has 0 aliphatic carbocycles. The van der Waals surface area contributed by atoms with Gasteiger partial charge in [0.1, 0.15) is 5.58 Å². The molecule has 0 bridgehead atoms. The van der Waals surface area contributed by atoms with Crippen molar-refractivity contribution < 1.29 is 12.8 Å². The van der Waals surface area contributed by atoms with Crippen LogP contribution in [0.2, 0.25) is 0 Å². The Kier molecular flexibility index (Phi) is 4.11. The van der Waals surface area contributed by atoms with Crippen LogP contribution in [0.25, 0.3) is 11.0 Å². The van der Waals surface area contributed by atoms with Crippen molar-refractivity contribution in [3.05, 3.63) is 70.6 Å². The van der Waals surface area contributed by atoms with Gasteiger partial charge in [-0.05, 0) is 29.8 Å². The third kappa shape index (κ3) is 3.23. The van der Waals surface area contributed by atoms with Crippen molar-refractivity contribution >= 4 is 38.3 Å². The quantitative estimate of drug-likeness (QED) is 0.579. The number of hydrogen-bond donors (Lipinski definition) is 1. The molecule has 5 nitrogen and oxygen atoms in total. The van der Waals surface area contributed by atoms with E-state index >= 15 is 0 Å². The maximum absolute atomic E-state index is 12.3. The van der Waals surface area contributed by atoms with Gasteiger partial charge >= 0.3 is 5.63 Å². The molecule has 0 amide bonds. The maximum atomic E-state index is 12.3. The number of fused-ring (bicyclic) bond motifs is 1. The first-order chi connectivity index (χ1) is 11.0. The lowest BCUT2D eigenvalue weighted by atomic mass is 10.1. The van der Waals surface area contributed by atoms with E-state index in [1.165, 1.54) is 24.3 Å². The molecule has 0 aliphatic heterocycles. The highest BCUT2D eigenvalue weighted by Crippen LogP contribution is 2.24. The molecular weight excluding hydrogens is 338 g/mol. The number of benzene rings is 2. The van der Waals surface area contributed by atoms with E-state index in [-0.39, 0.29) is 16.4 Å². The second kappa shape index (κ2) is 6.06. The van der Waals surface area contributed by atoms with Gasteiger partial charge in [-0.15, -0.1) is 11.6 Å². The first-order valence-corrected chi connectivity index (χ1v) is 8.72. The van der Waals surface area contributed by atoms with E-state index in [0.29, 0.717) is 16.6 Å². The summed E-state index contributed by atoms with van der Waals surface area (Å²) in [5.74, 6) is 0.164. The normalized spacial score (nSPS) is 11.5. The third-order valence-electron chi connectivity index (χ3n) is 3.28. The van der Waals surface area contributed by atoms with Crippen LogP contribution < -0.4 is 10.3 Å². The summed E-state index contributed by atoms with van der Waals surface area (Å²) in [6.45, 7) is 0. The number of sulfonamides is 1. The van der Waals surface area contributed by atoms with Crippen molar-refractivity contribution in [1.29, 1.82) is 0 Å². The van der Waals surface area contributed by atoms with E-state index < -0.39 is 15.6 Å². The average molecular weight is 350 g/mol. The molecule has 3 rings (SSSR count). The molecule has 1 N–H and O–H groups in total. The van der Waals surface area contributed by atoms with Crippen molar-refractivity contribution in [2.24, 2.45) is 0 Å². The summed E-state index contributed by atoms with van der Waals surface area (Å²) in [6, 6.07) is 14.1. The van der Waals surface area contributed by atoms with Crippen LogP contribution >= 0.6 is 11.6 Å². The standard InChI is InChI=1S/C16H12ClNO4S/c17-10-11-8-16(19)22-15-9-12(6-7-14(11)15)18-23(20,21)13-4-2-1-3-5-13/h1-9,18H,10H2. The Morgan fingerprint density at radius 1 is 1.04 bits per heavy atom. The van der Waals surface area contributed by atoms with E-state index in [2.05, 4.69) is 4.72 Å². The zero-order valence-electron chi connectivity index (χ0n) is 11.8. The second-order valence-corrected chi connectivity index (χ2v) is 6.80. The molecule has 7 heteroatoms. The van der Waals surface area contributed by atoms with Crippen molar-refractivity contribution in [3.8, 4) is 0 Å². The van der Waals surface area contributed by atoms with Gasteiger partial charge in [-0.2, -0.15) is 0 Å². The smallest absolute Gasteiger partial charge is 0.336 e. The van der Waals surface area contributed by atoms with E-state index in [1.54, 1.807) is 30.3 Å². The van der Waals surface area contributed by atoms with Crippen LogP contribution in [-0.2, 0) is 15.9 Å².